The largest absolute Gasteiger partial charge is 0.455 e. The molecular weight excluding hydrogens is 333 g/mol. The topological polar surface area (TPSA) is 35.2 Å². The van der Waals surface area contributed by atoms with E-state index in [-0.39, 0.29) is 5.82 Å². The summed E-state index contributed by atoms with van der Waals surface area (Å²) in [5.41, 5.74) is 6.45. The van der Waals surface area contributed by atoms with Gasteiger partial charge in [0.05, 0.1) is 9.50 Å². The molecule has 0 fully saturated rings. The molecule has 2 nitrogen and oxygen atoms in total. The maximum absolute atomic E-state index is 13.5. The van der Waals surface area contributed by atoms with Gasteiger partial charge in [-0.25, -0.2) is 4.39 Å². The highest BCUT2D eigenvalue weighted by atomic mass is 79.9. The molecule has 2 rings (SSSR count). The summed E-state index contributed by atoms with van der Waals surface area (Å²) in [5.74, 6) is 0.535. The lowest BCUT2D eigenvalue weighted by molar-refractivity contribution is 0.470. The van der Waals surface area contributed by atoms with Crippen LogP contribution in [-0.2, 0) is 6.42 Å². The van der Waals surface area contributed by atoms with E-state index < -0.39 is 0 Å². The fourth-order valence-electron chi connectivity index (χ4n) is 1.68. The minimum Gasteiger partial charge on any atom is -0.455 e. The Morgan fingerprint density at radius 1 is 1.26 bits per heavy atom. The third kappa shape index (κ3) is 3.47. The van der Waals surface area contributed by atoms with Crippen molar-refractivity contribution in [3.05, 3.63) is 57.3 Å². The molecule has 0 atom stereocenters. The van der Waals surface area contributed by atoms with Crippen LogP contribution < -0.4 is 10.5 Å². The normalized spacial score (nSPS) is 10.5. The van der Waals surface area contributed by atoms with Crippen LogP contribution >= 0.6 is 27.5 Å². The van der Waals surface area contributed by atoms with E-state index in [4.69, 9.17) is 22.1 Å². The summed E-state index contributed by atoms with van der Waals surface area (Å²) in [6.45, 7) is 0.491. The van der Waals surface area contributed by atoms with Gasteiger partial charge in [0.15, 0.2) is 0 Å². The molecule has 0 aliphatic rings. The number of nitrogens with two attached hydrogens (primary N) is 1. The lowest BCUT2D eigenvalue weighted by Crippen LogP contribution is -2.04. The molecule has 0 saturated carbocycles. The first-order valence-corrected chi connectivity index (χ1v) is 6.89. The third-order valence-corrected chi connectivity index (χ3v) is 3.51. The highest BCUT2D eigenvalue weighted by molar-refractivity contribution is 9.10. The first-order valence-electron chi connectivity index (χ1n) is 5.72. The molecule has 0 amide bonds. The predicted molar refractivity (Wildman–Crippen MR) is 78.4 cm³/mol. The van der Waals surface area contributed by atoms with Crippen LogP contribution in [0.1, 0.15) is 5.56 Å². The first-order chi connectivity index (χ1) is 9.11. The van der Waals surface area contributed by atoms with Crippen LogP contribution in [0.15, 0.2) is 40.9 Å². The molecule has 0 saturated heterocycles. The van der Waals surface area contributed by atoms with Gasteiger partial charge in [0.25, 0.3) is 0 Å². The van der Waals surface area contributed by atoms with E-state index in [2.05, 4.69) is 15.9 Å². The molecule has 0 unspecified atom stereocenters. The molecule has 0 heterocycles. The van der Waals surface area contributed by atoms with Gasteiger partial charge in [-0.2, -0.15) is 0 Å². The van der Waals surface area contributed by atoms with E-state index in [9.17, 15) is 4.39 Å². The Balaban J connectivity index is 2.34. The van der Waals surface area contributed by atoms with Crippen molar-refractivity contribution in [3.63, 3.8) is 0 Å². The van der Waals surface area contributed by atoms with Gasteiger partial charge >= 0.3 is 0 Å². The Bertz CT molecular complexity index is 592. The van der Waals surface area contributed by atoms with Crippen molar-refractivity contribution in [3.8, 4) is 11.5 Å². The predicted octanol–water partition coefficient (Wildman–Crippen LogP) is 4.54. The number of benzene rings is 2. The summed E-state index contributed by atoms with van der Waals surface area (Å²) >= 11 is 9.21. The van der Waals surface area contributed by atoms with E-state index >= 15 is 0 Å². The van der Waals surface area contributed by atoms with Crippen LogP contribution in [0.5, 0.6) is 11.5 Å². The molecular formula is C14H12BrClFNO. The van der Waals surface area contributed by atoms with Gasteiger partial charge in [0.1, 0.15) is 17.3 Å². The van der Waals surface area contributed by atoms with Gasteiger partial charge in [0, 0.05) is 6.07 Å². The van der Waals surface area contributed by atoms with Crippen molar-refractivity contribution < 1.29 is 9.13 Å². The molecule has 2 N–H and O–H groups in total. The summed E-state index contributed by atoms with van der Waals surface area (Å²) in [7, 11) is 0. The second kappa shape index (κ2) is 6.37. The Morgan fingerprint density at radius 3 is 2.74 bits per heavy atom. The zero-order valence-corrected chi connectivity index (χ0v) is 12.3. The maximum Gasteiger partial charge on any atom is 0.149 e. The highest BCUT2D eigenvalue weighted by Gasteiger charge is 2.10. The zero-order chi connectivity index (χ0) is 13.8. The fraction of sp³-hybridized carbons (Fsp3) is 0.143. The Kier molecular flexibility index (Phi) is 4.80. The summed E-state index contributed by atoms with van der Waals surface area (Å²) in [5, 5.41) is 0.481. The summed E-state index contributed by atoms with van der Waals surface area (Å²) in [6.07, 6.45) is 0.648. The number of para-hydroxylation sites is 1. The number of ether oxygens (including phenoxy) is 1. The smallest absolute Gasteiger partial charge is 0.149 e. The molecule has 5 heteroatoms. The van der Waals surface area contributed by atoms with Gasteiger partial charge in [-0.3, -0.25) is 0 Å². The monoisotopic (exact) mass is 343 g/mol. The van der Waals surface area contributed by atoms with E-state index in [0.29, 0.717) is 34.0 Å². The van der Waals surface area contributed by atoms with Crippen molar-refractivity contribution in [2.75, 3.05) is 6.54 Å². The second-order valence-electron chi connectivity index (χ2n) is 3.94. The zero-order valence-electron chi connectivity index (χ0n) is 10.00. The lowest BCUT2D eigenvalue weighted by atomic mass is 10.1. The standard InChI is InChI=1S/C14H12BrClFNO/c15-11-5-4-10(8-13(11)17)19-14-9(6-7-18)2-1-3-12(14)16/h1-5,8H,6-7,18H2. The third-order valence-electron chi connectivity index (χ3n) is 2.57. The number of halogens is 3. The molecule has 2 aromatic rings. The van der Waals surface area contributed by atoms with Crippen molar-refractivity contribution in [1.82, 2.24) is 0 Å². The minimum atomic E-state index is -0.384. The van der Waals surface area contributed by atoms with Crippen LogP contribution in [0.4, 0.5) is 4.39 Å². The molecule has 0 bridgehead atoms. The second-order valence-corrected chi connectivity index (χ2v) is 5.21. The van der Waals surface area contributed by atoms with Gasteiger partial charge in [-0.1, -0.05) is 23.7 Å². The molecule has 0 aliphatic heterocycles. The quantitative estimate of drug-likeness (QED) is 0.884. The summed E-state index contributed by atoms with van der Waals surface area (Å²) in [4.78, 5) is 0. The summed E-state index contributed by atoms with van der Waals surface area (Å²) < 4.78 is 19.5. The average Bonchev–Trinajstić information content (AvgIpc) is 2.38. The van der Waals surface area contributed by atoms with Crippen molar-refractivity contribution in [1.29, 1.82) is 0 Å². The number of rotatable bonds is 4. The first kappa shape index (κ1) is 14.3. The molecule has 19 heavy (non-hydrogen) atoms. The summed E-state index contributed by atoms with van der Waals surface area (Å²) in [6, 6.07) is 10.0. The molecule has 100 valence electrons. The van der Waals surface area contributed by atoms with E-state index in [1.165, 1.54) is 6.07 Å². The van der Waals surface area contributed by atoms with E-state index in [1.54, 1.807) is 18.2 Å². The van der Waals surface area contributed by atoms with Crippen molar-refractivity contribution in [2.24, 2.45) is 5.73 Å². The molecule has 0 aromatic heterocycles. The van der Waals surface area contributed by atoms with Crippen LogP contribution in [0.2, 0.25) is 5.02 Å². The van der Waals surface area contributed by atoms with Gasteiger partial charge in [-0.15, -0.1) is 0 Å². The Morgan fingerprint density at radius 2 is 2.05 bits per heavy atom. The lowest BCUT2D eigenvalue weighted by Gasteiger charge is -2.12. The fourth-order valence-corrected chi connectivity index (χ4v) is 2.16. The van der Waals surface area contributed by atoms with Gasteiger partial charge in [-0.05, 0) is 52.7 Å². The highest BCUT2D eigenvalue weighted by Crippen LogP contribution is 2.34. The molecule has 0 radical (unpaired) electrons. The van der Waals surface area contributed by atoms with E-state index in [0.717, 1.165) is 5.56 Å². The average molecular weight is 345 g/mol. The number of hydrogen-bond acceptors (Lipinski definition) is 2. The number of hydrogen-bond donors (Lipinski definition) is 1. The van der Waals surface area contributed by atoms with Crippen LogP contribution in [-0.4, -0.2) is 6.54 Å². The molecule has 0 spiro atoms. The Hall–Kier alpha value is -1.10. The van der Waals surface area contributed by atoms with Crippen LogP contribution in [0, 0.1) is 5.82 Å². The van der Waals surface area contributed by atoms with Crippen molar-refractivity contribution in [2.45, 2.75) is 6.42 Å². The SMILES string of the molecule is NCCc1cccc(Cl)c1Oc1ccc(Br)c(F)c1. The van der Waals surface area contributed by atoms with Gasteiger partial charge in [0.2, 0.25) is 0 Å². The van der Waals surface area contributed by atoms with Crippen LogP contribution in [0.25, 0.3) is 0 Å². The van der Waals surface area contributed by atoms with Gasteiger partial charge < -0.3 is 10.5 Å². The van der Waals surface area contributed by atoms with Crippen LogP contribution in [0.3, 0.4) is 0 Å². The van der Waals surface area contributed by atoms with Crippen molar-refractivity contribution >= 4 is 27.5 Å². The maximum atomic E-state index is 13.5. The molecule has 2 aromatic carbocycles. The molecule has 0 aliphatic carbocycles. The Labute approximate surface area is 124 Å². The minimum absolute atomic E-state index is 0.384. The van der Waals surface area contributed by atoms with E-state index in [1.807, 2.05) is 12.1 Å².